The Morgan fingerprint density at radius 3 is 1.00 bits per heavy atom. The van der Waals surface area contributed by atoms with Crippen molar-refractivity contribution in [1.82, 2.24) is 48.7 Å². The van der Waals surface area contributed by atoms with Gasteiger partial charge in [-0.15, -0.1) is 0 Å². The Morgan fingerprint density at radius 2 is 0.674 bits per heavy atom. The van der Waals surface area contributed by atoms with Gasteiger partial charge in [-0.05, 0) is 92.8 Å². The van der Waals surface area contributed by atoms with Crippen molar-refractivity contribution >= 4 is 11.0 Å². The minimum atomic E-state index is -2.51. The van der Waals surface area contributed by atoms with Gasteiger partial charge in [-0.2, -0.15) is 0 Å². The van der Waals surface area contributed by atoms with Gasteiger partial charge in [-0.3, -0.25) is 42.5 Å². The maximum atomic E-state index is 11.8. The van der Waals surface area contributed by atoms with E-state index in [1.165, 1.54) is 77.0 Å². The van der Waals surface area contributed by atoms with Gasteiger partial charge in [0.2, 0.25) is 0 Å². The van der Waals surface area contributed by atoms with Crippen LogP contribution in [0.15, 0.2) is 0 Å². The first-order chi connectivity index (χ1) is 21.6. The van der Waals surface area contributed by atoms with E-state index in [4.69, 9.17) is 4.18 Å². The Kier molecular flexibility index (Phi) is 10.8. The topological polar surface area (TPSA) is 175 Å². The standard InChI is InChI=1S/C32H55N8O3S.Co.H3N/c41-44(42)43-23-15-7-14-22-24(23)32-39-30-21-13-6-5-12-20(21)28(37-30)35-26-17-9-2-1-8-16(17)25(33-26)34-27-18-10-3-4-11-19(18)29(36-27)38-31(22)40-32;;/h16-40H,1-15H2;;1H3/q-1;;. The van der Waals surface area contributed by atoms with E-state index in [1.807, 2.05) is 0 Å². The molecule has 14 heteroatoms. The van der Waals surface area contributed by atoms with Crippen molar-refractivity contribution in [1.29, 1.82) is 0 Å². The minimum Gasteiger partial charge on any atom is -0.421 e. The molecule has 46 heavy (non-hydrogen) atoms. The van der Waals surface area contributed by atoms with Crippen LogP contribution in [0.3, 0.4) is 0 Å². The number of hydrogen-bond acceptors (Lipinski definition) is 13. The molecule has 4 aliphatic carbocycles. The van der Waals surface area contributed by atoms with Crippen molar-refractivity contribution in [3.63, 3.8) is 0 Å². The number of fused-ring (bicyclic) bond motifs is 20. The largest absolute Gasteiger partial charge is 0.421 e. The maximum Gasteiger partial charge on any atom is 0.0653 e. The number of nitrogens with one attached hydrogen (secondary N) is 8. The van der Waals surface area contributed by atoms with Gasteiger partial charge in [0.25, 0.3) is 0 Å². The summed E-state index contributed by atoms with van der Waals surface area (Å²) in [7, 11) is -2.51. The zero-order valence-corrected chi connectivity index (χ0v) is 29.0. The zero-order valence-electron chi connectivity index (χ0n) is 27.1. The SMILES string of the molecule is N.O=[S-](=O)OC1CCCC2C3NC4NC(NC5NC(NC6NC(NC(N3)C12)C1CCCCC61)C1CCCCC51)C1CCCCC41.[Co]. The smallest absolute Gasteiger partial charge is 0.0653 e. The third kappa shape index (κ3) is 6.17. The molecule has 1 radical (unpaired) electrons. The molecule has 9 rings (SSSR count). The molecular weight excluding hydrogens is 649 g/mol. The van der Waals surface area contributed by atoms with Gasteiger partial charge in [0.1, 0.15) is 0 Å². The van der Waals surface area contributed by atoms with E-state index in [0.29, 0.717) is 59.9 Å². The van der Waals surface area contributed by atoms with E-state index in [-0.39, 0.29) is 65.8 Å². The molecule has 0 spiro atoms. The Morgan fingerprint density at radius 1 is 0.391 bits per heavy atom. The van der Waals surface area contributed by atoms with Crippen molar-refractivity contribution in [2.24, 2.45) is 47.3 Å². The summed E-state index contributed by atoms with van der Waals surface area (Å²) in [4.78, 5) is 0. The summed E-state index contributed by atoms with van der Waals surface area (Å²) in [6.07, 6.45) is 20.0. The molecule has 8 bridgehead atoms. The molecule has 0 aromatic carbocycles. The Balaban J connectivity index is 0.00000169. The average Bonchev–Trinajstić information content (AvgIpc) is 3.77. The molecule has 0 amide bonds. The van der Waals surface area contributed by atoms with Gasteiger partial charge < -0.3 is 18.8 Å². The van der Waals surface area contributed by atoms with Gasteiger partial charge in [0.05, 0.1) is 60.3 Å². The molecule has 9 aliphatic rings. The first-order valence-electron chi connectivity index (χ1n) is 18.5. The number of hydrogen-bond donors (Lipinski definition) is 9. The van der Waals surface area contributed by atoms with E-state index in [1.54, 1.807) is 0 Å². The second kappa shape index (κ2) is 14.4. The molecule has 11 N–H and O–H groups in total. The first-order valence-corrected chi connectivity index (χ1v) is 19.5. The molecule has 0 aromatic heterocycles. The van der Waals surface area contributed by atoms with Crippen LogP contribution in [-0.4, -0.2) is 55.4 Å². The fourth-order valence-corrected chi connectivity index (χ4v) is 12.6. The number of rotatable bonds is 2. The summed E-state index contributed by atoms with van der Waals surface area (Å²) >= 11 is 0. The van der Waals surface area contributed by atoms with Crippen LogP contribution in [-0.2, 0) is 40.4 Å². The van der Waals surface area contributed by atoms with Crippen molar-refractivity contribution < 1.29 is 29.4 Å². The summed E-state index contributed by atoms with van der Waals surface area (Å²) in [6.45, 7) is 0. The molecule has 17 unspecified atom stereocenters. The van der Waals surface area contributed by atoms with E-state index >= 15 is 0 Å². The van der Waals surface area contributed by atoms with Crippen LogP contribution in [0.2, 0.25) is 0 Å². The van der Waals surface area contributed by atoms with E-state index < -0.39 is 11.0 Å². The summed E-state index contributed by atoms with van der Waals surface area (Å²) < 4.78 is 29.3. The maximum absolute atomic E-state index is 11.8. The Hall–Kier alpha value is 0.0565. The summed E-state index contributed by atoms with van der Waals surface area (Å²) in [5, 5.41) is 32.9. The van der Waals surface area contributed by atoms with Crippen LogP contribution < -0.4 is 48.7 Å². The summed E-state index contributed by atoms with van der Waals surface area (Å²) in [5.74, 6) is 4.16. The van der Waals surface area contributed by atoms with Crippen LogP contribution in [0.1, 0.15) is 96.3 Å². The van der Waals surface area contributed by atoms with Crippen LogP contribution >= 0.6 is 0 Å². The van der Waals surface area contributed by atoms with Gasteiger partial charge in [0.15, 0.2) is 0 Å². The van der Waals surface area contributed by atoms with Crippen LogP contribution in [0.5, 0.6) is 0 Å². The summed E-state index contributed by atoms with van der Waals surface area (Å²) in [6, 6.07) is 0. The molecule has 17 atom stereocenters. The van der Waals surface area contributed by atoms with Gasteiger partial charge >= 0.3 is 0 Å². The minimum absolute atomic E-state index is 0. The van der Waals surface area contributed by atoms with Crippen molar-refractivity contribution in [2.45, 2.75) is 152 Å². The Bertz CT molecular complexity index is 1130. The summed E-state index contributed by atoms with van der Waals surface area (Å²) in [5.41, 5.74) is 0. The average molecular weight is 708 g/mol. The van der Waals surface area contributed by atoms with E-state index in [9.17, 15) is 8.42 Å². The fourth-order valence-electron chi connectivity index (χ4n) is 12.2. The monoisotopic (exact) mass is 707 g/mol. The predicted octanol–water partition coefficient (Wildman–Crippen LogP) is 1.98. The third-order valence-electron chi connectivity index (χ3n) is 14.0. The van der Waals surface area contributed by atoms with Crippen LogP contribution in [0.25, 0.3) is 0 Å². The van der Waals surface area contributed by atoms with Crippen molar-refractivity contribution in [3.8, 4) is 0 Å². The molecule has 265 valence electrons. The van der Waals surface area contributed by atoms with Crippen LogP contribution in [0, 0.1) is 47.3 Å². The Labute approximate surface area is 287 Å². The third-order valence-corrected chi connectivity index (χ3v) is 14.4. The van der Waals surface area contributed by atoms with E-state index in [0.717, 1.165) is 19.3 Å². The molecule has 5 aliphatic heterocycles. The molecule has 5 saturated heterocycles. The van der Waals surface area contributed by atoms with E-state index in [2.05, 4.69) is 42.5 Å². The van der Waals surface area contributed by atoms with Crippen LogP contribution in [0.4, 0.5) is 0 Å². The first kappa shape index (κ1) is 34.5. The molecular formula is C32H58CoN9O3S-. The molecule has 12 nitrogen and oxygen atoms in total. The fraction of sp³-hybridized carbons (Fsp3) is 1.00. The predicted molar refractivity (Wildman–Crippen MR) is 171 cm³/mol. The quantitative estimate of drug-likeness (QED) is 0.191. The normalized spacial score (nSPS) is 52.8. The second-order valence-corrected chi connectivity index (χ2v) is 16.6. The van der Waals surface area contributed by atoms with Gasteiger partial charge in [0, 0.05) is 28.8 Å². The zero-order chi connectivity index (χ0) is 29.4. The van der Waals surface area contributed by atoms with Gasteiger partial charge in [-0.1, -0.05) is 44.9 Å². The molecule has 4 saturated carbocycles. The molecule has 0 aromatic rings. The second-order valence-electron chi connectivity index (χ2n) is 16.0. The molecule has 5 heterocycles. The molecule has 9 fully saturated rings. The van der Waals surface area contributed by atoms with Crippen molar-refractivity contribution in [2.75, 3.05) is 0 Å². The van der Waals surface area contributed by atoms with Gasteiger partial charge in [-0.25, -0.2) is 0 Å². The van der Waals surface area contributed by atoms with Crippen molar-refractivity contribution in [3.05, 3.63) is 0 Å².